The van der Waals surface area contributed by atoms with Crippen molar-refractivity contribution in [3.05, 3.63) is 42.0 Å². The number of anilines is 1. The molecule has 2 aromatic rings. The summed E-state index contributed by atoms with van der Waals surface area (Å²) >= 11 is 0. The molecule has 1 aliphatic heterocycles. The fraction of sp³-hybridized carbons (Fsp3) is 0.294. The number of hydrogen-bond donors (Lipinski definition) is 2. The Morgan fingerprint density at radius 1 is 1.14 bits per heavy atom. The Hall–Kier alpha value is -2.56. The van der Waals surface area contributed by atoms with E-state index in [1.165, 1.54) is 0 Å². The first-order valence-electron chi connectivity index (χ1n) is 7.44. The molecule has 1 aliphatic rings. The molecule has 22 heavy (non-hydrogen) atoms. The third-order valence-corrected chi connectivity index (χ3v) is 3.99. The van der Waals surface area contributed by atoms with E-state index in [0.717, 1.165) is 42.9 Å². The molecular formula is C17H20N4O. The van der Waals surface area contributed by atoms with Crippen LogP contribution in [0.25, 0.3) is 11.3 Å². The van der Waals surface area contributed by atoms with Crippen LogP contribution in [0.4, 0.5) is 5.82 Å². The van der Waals surface area contributed by atoms with E-state index in [9.17, 15) is 0 Å². The summed E-state index contributed by atoms with van der Waals surface area (Å²) in [6.07, 6.45) is 2.28. The third-order valence-electron chi connectivity index (χ3n) is 3.99. The highest BCUT2D eigenvalue weighted by molar-refractivity contribution is 6.00. The second-order valence-corrected chi connectivity index (χ2v) is 5.40. The van der Waals surface area contributed by atoms with E-state index in [0.29, 0.717) is 17.2 Å². The maximum atomic E-state index is 8.29. The van der Waals surface area contributed by atoms with Crippen LogP contribution in [-0.2, 0) is 0 Å². The summed E-state index contributed by atoms with van der Waals surface area (Å²) < 4.78 is 5.16. The molecule has 5 nitrogen and oxygen atoms in total. The molecule has 1 aromatic heterocycles. The van der Waals surface area contributed by atoms with Crippen LogP contribution in [0, 0.1) is 5.41 Å². The number of pyridine rings is 1. The Morgan fingerprint density at radius 3 is 2.41 bits per heavy atom. The van der Waals surface area contributed by atoms with Crippen LogP contribution in [-0.4, -0.2) is 35.9 Å². The number of nitrogens with two attached hydrogens (primary N) is 1. The van der Waals surface area contributed by atoms with Gasteiger partial charge in [-0.25, -0.2) is 4.98 Å². The summed E-state index contributed by atoms with van der Waals surface area (Å²) in [6, 6.07) is 11.5. The first-order chi connectivity index (χ1) is 10.7. The Labute approximate surface area is 130 Å². The lowest BCUT2D eigenvalue weighted by atomic mass is 10.1. The van der Waals surface area contributed by atoms with Gasteiger partial charge in [0.05, 0.1) is 18.4 Å². The highest BCUT2D eigenvalue weighted by atomic mass is 16.5. The van der Waals surface area contributed by atoms with Gasteiger partial charge < -0.3 is 15.4 Å². The molecular weight excluding hydrogens is 276 g/mol. The third kappa shape index (κ3) is 2.74. The van der Waals surface area contributed by atoms with Gasteiger partial charge in [0.15, 0.2) is 0 Å². The Morgan fingerprint density at radius 2 is 1.82 bits per heavy atom. The Bertz CT molecular complexity index is 676. The average Bonchev–Trinajstić information content (AvgIpc) is 3.09. The SMILES string of the molecule is COc1ccc(-c2ccc(C(=N)N3CCCC3)c(N)n2)cc1. The van der Waals surface area contributed by atoms with Crippen LogP contribution in [0.1, 0.15) is 18.4 Å². The van der Waals surface area contributed by atoms with E-state index in [1.807, 2.05) is 36.4 Å². The van der Waals surface area contributed by atoms with Crippen molar-refractivity contribution in [2.24, 2.45) is 0 Å². The average molecular weight is 296 g/mol. The fourth-order valence-electron chi connectivity index (χ4n) is 2.71. The minimum Gasteiger partial charge on any atom is -0.497 e. The van der Waals surface area contributed by atoms with Crippen molar-refractivity contribution in [3.63, 3.8) is 0 Å². The summed E-state index contributed by atoms with van der Waals surface area (Å²) in [5, 5.41) is 8.29. The van der Waals surface area contributed by atoms with Crippen molar-refractivity contribution >= 4 is 11.7 Å². The number of rotatable bonds is 3. The lowest BCUT2D eigenvalue weighted by Gasteiger charge is -2.19. The van der Waals surface area contributed by atoms with Crippen molar-refractivity contribution in [1.29, 1.82) is 5.41 Å². The number of likely N-dealkylation sites (tertiary alicyclic amines) is 1. The molecule has 3 N–H and O–H groups in total. The zero-order chi connectivity index (χ0) is 15.5. The van der Waals surface area contributed by atoms with E-state index >= 15 is 0 Å². The number of methoxy groups -OCH3 is 1. The lowest BCUT2D eigenvalue weighted by Crippen LogP contribution is -2.28. The quantitative estimate of drug-likeness (QED) is 0.674. The Kier molecular flexibility index (Phi) is 3.96. The number of hydrogen-bond acceptors (Lipinski definition) is 4. The zero-order valence-electron chi connectivity index (χ0n) is 12.7. The maximum absolute atomic E-state index is 8.29. The second-order valence-electron chi connectivity index (χ2n) is 5.40. The normalized spacial score (nSPS) is 14.1. The highest BCUT2D eigenvalue weighted by Crippen LogP contribution is 2.24. The van der Waals surface area contributed by atoms with Crippen LogP contribution in [0.2, 0.25) is 0 Å². The summed E-state index contributed by atoms with van der Waals surface area (Å²) in [5.74, 6) is 1.69. The van der Waals surface area contributed by atoms with Crippen LogP contribution >= 0.6 is 0 Å². The molecule has 1 saturated heterocycles. The summed E-state index contributed by atoms with van der Waals surface area (Å²) in [6.45, 7) is 1.86. The van der Waals surface area contributed by atoms with E-state index in [4.69, 9.17) is 15.9 Å². The van der Waals surface area contributed by atoms with E-state index in [2.05, 4.69) is 9.88 Å². The van der Waals surface area contributed by atoms with Gasteiger partial charge in [0.1, 0.15) is 17.4 Å². The van der Waals surface area contributed by atoms with Gasteiger partial charge in [0.2, 0.25) is 0 Å². The minimum absolute atomic E-state index is 0.408. The number of ether oxygens (including phenoxy) is 1. The number of nitrogens with zero attached hydrogens (tertiary/aromatic N) is 2. The van der Waals surface area contributed by atoms with E-state index in [-0.39, 0.29) is 0 Å². The smallest absolute Gasteiger partial charge is 0.135 e. The molecule has 0 atom stereocenters. The predicted octanol–water partition coefficient (Wildman–Crippen LogP) is 2.76. The topological polar surface area (TPSA) is 75.2 Å². The van der Waals surface area contributed by atoms with Crippen molar-refractivity contribution in [1.82, 2.24) is 9.88 Å². The molecule has 0 aliphatic carbocycles. The van der Waals surface area contributed by atoms with Crippen molar-refractivity contribution < 1.29 is 4.74 Å². The van der Waals surface area contributed by atoms with Crippen LogP contribution in [0.15, 0.2) is 36.4 Å². The molecule has 1 aromatic carbocycles. The van der Waals surface area contributed by atoms with Crippen LogP contribution < -0.4 is 10.5 Å². The number of nitrogen functional groups attached to an aromatic ring is 1. The van der Waals surface area contributed by atoms with Gasteiger partial charge in [-0.2, -0.15) is 0 Å². The largest absolute Gasteiger partial charge is 0.497 e. The van der Waals surface area contributed by atoms with Gasteiger partial charge >= 0.3 is 0 Å². The number of benzene rings is 1. The number of nitrogens with one attached hydrogen (secondary N) is 1. The van der Waals surface area contributed by atoms with E-state index < -0.39 is 0 Å². The first-order valence-corrected chi connectivity index (χ1v) is 7.44. The summed E-state index contributed by atoms with van der Waals surface area (Å²) in [4.78, 5) is 6.52. The fourth-order valence-corrected chi connectivity index (χ4v) is 2.71. The van der Waals surface area contributed by atoms with Crippen molar-refractivity contribution in [2.45, 2.75) is 12.8 Å². The molecule has 3 rings (SSSR count). The highest BCUT2D eigenvalue weighted by Gasteiger charge is 2.18. The molecule has 1 fully saturated rings. The molecule has 5 heteroatoms. The molecule has 0 spiro atoms. The van der Waals surface area contributed by atoms with Crippen molar-refractivity contribution in [3.8, 4) is 17.0 Å². The van der Waals surface area contributed by atoms with E-state index in [1.54, 1.807) is 7.11 Å². The van der Waals surface area contributed by atoms with Crippen LogP contribution in [0.3, 0.4) is 0 Å². The van der Waals surface area contributed by atoms with Crippen molar-refractivity contribution in [2.75, 3.05) is 25.9 Å². The predicted molar refractivity (Wildman–Crippen MR) is 88.3 cm³/mol. The maximum Gasteiger partial charge on any atom is 0.135 e. The second kappa shape index (κ2) is 6.05. The molecule has 2 heterocycles. The molecule has 0 amide bonds. The number of amidine groups is 1. The van der Waals surface area contributed by atoms with Gasteiger partial charge in [-0.3, -0.25) is 5.41 Å². The van der Waals surface area contributed by atoms with Gasteiger partial charge in [0.25, 0.3) is 0 Å². The first kappa shape index (κ1) is 14.4. The number of aromatic nitrogens is 1. The van der Waals surface area contributed by atoms with Gasteiger partial charge in [-0.05, 0) is 49.2 Å². The van der Waals surface area contributed by atoms with Crippen LogP contribution in [0.5, 0.6) is 5.75 Å². The monoisotopic (exact) mass is 296 g/mol. The molecule has 114 valence electrons. The van der Waals surface area contributed by atoms with Gasteiger partial charge in [-0.15, -0.1) is 0 Å². The molecule has 0 saturated carbocycles. The Balaban J connectivity index is 1.86. The lowest BCUT2D eigenvalue weighted by molar-refractivity contribution is 0.415. The summed E-state index contributed by atoms with van der Waals surface area (Å²) in [7, 11) is 1.64. The molecule has 0 unspecified atom stereocenters. The standard InChI is InChI=1S/C17H20N4O/c1-22-13-6-4-12(5-7-13)15-9-8-14(16(18)20-15)17(19)21-10-2-3-11-21/h4-9,19H,2-3,10-11H2,1H3,(H2,18,20). The van der Waals surface area contributed by atoms with Gasteiger partial charge in [0, 0.05) is 18.7 Å². The molecule has 0 radical (unpaired) electrons. The zero-order valence-corrected chi connectivity index (χ0v) is 12.7. The minimum atomic E-state index is 0.408. The van der Waals surface area contributed by atoms with Gasteiger partial charge in [-0.1, -0.05) is 0 Å². The molecule has 0 bridgehead atoms. The summed E-state index contributed by atoms with van der Waals surface area (Å²) in [5.41, 5.74) is 8.57.